The van der Waals surface area contributed by atoms with Crippen LogP contribution >= 0.6 is 23.4 Å². The van der Waals surface area contributed by atoms with Gasteiger partial charge in [0.1, 0.15) is 11.4 Å². The van der Waals surface area contributed by atoms with E-state index < -0.39 is 23.2 Å². The molecule has 4 nitrogen and oxygen atoms in total. The molecule has 2 N–H and O–H groups in total. The highest BCUT2D eigenvalue weighted by Gasteiger charge is 2.41. The third kappa shape index (κ3) is 3.68. The SMILES string of the molecule is O=C(Cc1c(F)cccc1Cl)NC1(C(=O)O)CCSCC1. The fourth-order valence-corrected chi connectivity index (χ4v) is 3.70. The molecule has 0 bridgehead atoms. The summed E-state index contributed by atoms with van der Waals surface area (Å²) in [6.45, 7) is 0. The number of carboxylic acid groups (broad SMARTS) is 1. The first kappa shape index (κ1) is 16.1. The van der Waals surface area contributed by atoms with Crippen LogP contribution in [0.4, 0.5) is 4.39 Å². The molecule has 1 aliphatic heterocycles. The van der Waals surface area contributed by atoms with Crippen molar-refractivity contribution in [3.05, 3.63) is 34.6 Å². The zero-order chi connectivity index (χ0) is 15.5. The van der Waals surface area contributed by atoms with Crippen LogP contribution in [0.1, 0.15) is 18.4 Å². The maximum absolute atomic E-state index is 13.7. The first-order chi connectivity index (χ1) is 9.94. The van der Waals surface area contributed by atoms with Crippen LogP contribution < -0.4 is 5.32 Å². The van der Waals surface area contributed by atoms with Gasteiger partial charge in [0, 0.05) is 10.6 Å². The van der Waals surface area contributed by atoms with Crippen molar-refractivity contribution in [2.75, 3.05) is 11.5 Å². The number of hydrogen-bond acceptors (Lipinski definition) is 3. The van der Waals surface area contributed by atoms with Gasteiger partial charge in [-0.1, -0.05) is 17.7 Å². The second kappa shape index (κ2) is 6.66. The van der Waals surface area contributed by atoms with Crippen LogP contribution in [0.3, 0.4) is 0 Å². The summed E-state index contributed by atoms with van der Waals surface area (Å²) in [5, 5.41) is 12.1. The quantitative estimate of drug-likeness (QED) is 0.889. The molecule has 1 heterocycles. The molecule has 1 aromatic rings. The lowest BCUT2D eigenvalue weighted by Gasteiger charge is -2.33. The van der Waals surface area contributed by atoms with E-state index in [4.69, 9.17) is 11.6 Å². The molecular formula is C14H15ClFNO3S. The highest BCUT2D eigenvalue weighted by atomic mass is 35.5. The Labute approximate surface area is 131 Å². The van der Waals surface area contributed by atoms with E-state index in [0.717, 1.165) is 0 Å². The second-order valence-electron chi connectivity index (χ2n) is 4.92. The standard InChI is InChI=1S/C14H15ClFNO3S/c15-10-2-1-3-11(16)9(10)8-12(18)17-14(13(19)20)4-6-21-7-5-14/h1-3H,4-8H2,(H,17,18)(H,19,20). The number of thioether (sulfide) groups is 1. The molecule has 0 aromatic heterocycles. The third-order valence-corrected chi connectivity index (χ3v) is 4.87. The highest BCUT2D eigenvalue weighted by molar-refractivity contribution is 7.99. The topological polar surface area (TPSA) is 66.4 Å². The lowest BCUT2D eigenvalue weighted by molar-refractivity contribution is -0.148. The van der Waals surface area contributed by atoms with Crippen LogP contribution in [0, 0.1) is 5.82 Å². The molecular weight excluding hydrogens is 317 g/mol. The minimum absolute atomic E-state index is 0.0855. The first-order valence-corrected chi connectivity index (χ1v) is 8.03. The molecule has 0 atom stereocenters. The largest absolute Gasteiger partial charge is 0.480 e. The Bertz CT molecular complexity index is 541. The summed E-state index contributed by atoms with van der Waals surface area (Å²) in [5.74, 6) is -0.798. The number of nitrogens with one attached hydrogen (secondary N) is 1. The zero-order valence-corrected chi connectivity index (χ0v) is 12.8. The number of aliphatic carboxylic acids is 1. The van der Waals surface area contributed by atoms with Gasteiger partial charge in [0.2, 0.25) is 5.91 Å². The molecule has 21 heavy (non-hydrogen) atoms. The van der Waals surface area contributed by atoms with Gasteiger partial charge in [-0.05, 0) is 36.5 Å². The summed E-state index contributed by atoms with van der Waals surface area (Å²) in [6, 6.07) is 4.17. The predicted molar refractivity (Wildman–Crippen MR) is 80.2 cm³/mol. The molecule has 114 valence electrons. The summed E-state index contributed by atoms with van der Waals surface area (Å²) < 4.78 is 13.7. The molecule has 0 spiro atoms. The zero-order valence-electron chi connectivity index (χ0n) is 11.2. The molecule has 1 aliphatic rings. The molecule has 7 heteroatoms. The van der Waals surface area contributed by atoms with E-state index in [2.05, 4.69) is 5.32 Å². The van der Waals surface area contributed by atoms with Crippen LogP contribution in [-0.2, 0) is 16.0 Å². The van der Waals surface area contributed by atoms with Crippen molar-refractivity contribution >= 4 is 35.2 Å². The normalized spacial score (nSPS) is 17.2. The first-order valence-electron chi connectivity index (χ1n) is 6.50. The number of halogens is 2. The Morgan fingerprint density at radius 3 is 2.62 bits per heavy atom. The number of rotatable bonds is 4. The molecule has 1 saturated heterocycles. The summed E-state index contributed by atoms with van der Waals surface area (Å²) in [7, 11) is 0. The average Bonchev–Trinajstić information content (AvgIpc) is 2.44. The van der Waals surface area contributed by atoms with Crippen LogP contribution in [0.25, 0.3) is 0 Å². The maximum atomic E-state index is 13.7. The van der Waals surface area contributed by atoms with Gasteiger partial charge in [-0.2, -0.15) is 11.8 Å². The summed E-state index contributed by atoms with van der Waals surface area (Å²) in [5.41, 5.74) is -1.16. The maximum Gasteiger partial charge on any atom is 0.329 e. The lowest BCUT2D eigenvalue weighted by atomic mass is 9.92. The highest BCUT2D eigenvalue weighted by Crippen LogP contribution is 2.28. The fourth-order valence-electron chi connectivity index (χ4n) is 2.29. The number of carbonyl (C=O) groups excluding carboxylic acids is 1. The smallest absolute Gasteiger partial charge is 0.329 e. The molecule has 0 radical (unpaired) electrons. The van der Waals surface area contributed by atoms with Crippen LogP contribution in [0.15, 0.2) is 18.2 Å². The van der Waals surface area contributed by atoms with Crippen molar-refractivity contribution in [2.24, 2.45) is 0 Å². The molecule has 0 saturated carbocycles. The number of benzene rings is 1. The lowest BCUT2D eigenvalue weighted by Crippen LogP contribution is -2.56. The van der Waals surface area contributed by atoms with Gasteiger partial charge < -0.3 is 10.4 Å². The van der Waals surface area contributed by atoms with E-state index in [0.29, 0.717) is 24.3 Å². The fraction of sp³-hybridized carbons (Fsp3) is 0.429. The van der Waals surface area contributed by atoms with Crippen LogP contribution in [0.5, 0.6) is 0 Å². The van der Waals surface area contributed by atoms with E-state index in [9.17, 15) is 19.1 Å². The second-order valence-corrected chi connectivity index (χ2v) is 6.56. The molecule has 1 fully saturated rings. The number of carbonyl (C=O) groups is 2. The minimum atomic E-state index is -1.25. The van der Waals surface area contributed by atoms with E-state index in [1.807, 2.05) is 0 Å². The van der Waals surface area contributed by atoms with Crippen molar-refractivity contribution < 1.29 is 19.1 Å². The number of carboxylic acids is 1. The molecule has 0 unspecified atom stereocenters. The van der Waals surface area contributed by atoms with Crippen molar-refractivity contribution in [1.82, 2.24) is 5.32 Å². The van der Waals surface area contributed by atoms with Crippen LogP contribution in [0.2, 0.25) is 5.02 Å². The van der Waals surface area contributed by atoms with Crippen molar-refractivity contribution in [3.63, 3.8) is 0 Å². The van der Waals surface area contributed by atoms with E-state index in [-0.39, 0.29) is 17.0 Å². The van der Waals surface area contributed by atoms with Gasteiger partial charge in [-0.25, -0.2) is 9.18 Å². The molecule has 1 aromatic carbocycles. The van der Waals surface area contributed by atoms with Crippen molar-refractivity contribution in [1.29, 1.82) is 0 Å². The summed E-state index contributed by atoms with van der Waals surface area (Å²) >= 11 is 7.53. The Morgan fingerprint density at radius 1 is 1.38 bits per heavy atom. The van der Waals surface area contributed by atoms with E-state index >= 15 is 0 Å². The van der Waals surface area contributed by atoms with E-state index in [1.54, 1.807) is 11.8 Å². The summed E-state index contributed by atoms with van der Waals surface area (Å²) in [6.07, 6.45) is 0.459. The van der Waals surface area contributed by atoms with Gasteiger partial charge in [-0.3, -0.25) is 4.79 Å². The predicted octanol–water partition coefficient (Wildman–Crippen LogP) is 2.49. The molecule has 2 rings (SSSR count). The van der Waals surface area contributed by atoms with Crippen molar-refractivity contribution in [2.45, 2.75) is 24.8 Å². The van der Waals surface area contributed by atoms with Gasteiger partial charge >= 0.3 is 5.97 Å². The van der Waals surface area contributed by atoms with Crippen molar-refractivity contribution in [3.8, 4) is 0 Å². The van der Waals surface area contributed by atoms with Gasteiger partial charge in [0.15, 0.2) is 0 Å². The monoisotopic (exact) mass is 331 g/mol. The molecule has 0 aliphatic carbocycles. The average molecular weight is 332 g/mol. The Morgan fingerprint density at radius 2 is 2.05 bits per heavy atom. The Hall–Kier alpha value is -1.27. The summed E-state index contributed by atoms with van der Waals surface area (Å²) in [4.78, 5) is 23.6. The minimum Gasteiger partial charge on any atom is -0.480 e. The Balaban J connectivity index is 2.11. The Kier molecular flexibility index (Phi) is 5.11. The molecule has 1 amide bonds. The van der Waals surface area contributed by atoms with Gasteiger partial charge in [0.25, 0.3) is 0 Å². The van der Waals surface area contributed by atoms with E-state index in [1.165, 1.54) is 18.2 Å². The number of hydrogen-bond donors (Lipinski definition) is 2. The third-order valence-electron chi connectivity index (χ3n) is 3.53. The van der Waals surface area contributed by atoms with Crippen LogP contribution in [-0.4, -0.2) is 34.0 Å². The van der Waals surface area contributed by atoms with Gasteiger partial charge in [-0.15, -0.1) is 0 Å². The number of amides is 1. The van der Waals surface area contributed by atoms with Gasteiger partial charge in [0.05, 0.1) is 6.42 Å².